The van der Waals surface area contributed by atoms with Gasteiger partial charge in [0.25, 0.3) is 0 Å². The Morgan fingerprint density at radius 1 is 0.370 bits per heavy atom. The second kappa shape index (κ2) is 11.2. The lowest BCUT2D eigenvalue weighted by Gasteiger charge is -2.42. The predicted octanol–water partition coefficient (Wildman–Crippen LogP) is 10.6. The summed E-state index contributed by atoms with van der Waals surface area (Å²) in [4.78, 5) is 17.3. The second-order valence-electron chi connectivity index (χ2n) is 12.2. The predicted molar refractivity (Wildman–Crippen MR) is 188 cm³/mol. The van der Waals surface area contributed by atoms with Gasteiger partial charge in [-0.3, -0.25) is 0 Å². The molecular formula is C42H32N4. The lowest BCUT2D eigenvalue weighted by atomic mass is 9.73. The van der Waals surface area contributed by atoms with Gasteiger partial charge < -0.3 is 4.90 Å². The van der Waals surface area contributed by atoms with Crippen molar-refractivity contribution in [3.8, 4) is 45.3 Å². The number of rotatable bonds is 5. The summed E-state index contributed by atoms with van der Waals surface area (Å²) in [7, 11) is 0. The molecule has 1 aliphatic heterocycles. The van der Waals surface area contributed by atoms with Crippen LogP contribution in [0.1, 0.15) is 25.0 Å². The zero-order chi connectivity index (χ0) is 31.1. The lowest BCUT2D eigenvalue weighted by Crippen LogP contribution is -2.30. The summed E-state index contributed by atoms with van der Waals surface area (Å²) < 4.78 is 0. The minimum absolute atomic E-state index is 0.0992. The molecule has 0 aliphatic carbocycles. The first-order valence-electron chi connectivity index (χ1n) is 15.6. The van der Waals surface area contributed by atoms with Gasteiger partial charge in [0.15, 0.2) is 17.5 Å². The van der Waals surface area contributed by atoms with Gasteiger partial charge in [-0.15, -0.1) is 0 Å². The van der Waals surface area contributed by atoms with Crippen LogP contribution in [0.25, 0.3) is 45.3 Å². The number of hydrogen-bond donors (Lipinski definition) is 0. The summed E-state index contributed by atoms with van der Waals surface area (Å²) in [6.45, 7) is 4.62. The molecule has 1 aliphatic rings. The van der Waals surface area contributed by atoms with Gasteiger partial charge >= 0.3 is 0 Å². The maximum Gasteiger partial charge on any atom is 0.164 e. The van der Waals surface area contributed by atoms with Gasteiger partial charge in [0.05, 0.1) is 11.4 Å². The van der Waals surface area contributed by atoms with E-state index in [1.165, 1.54) is 28.1 Å². The zero-order valence-corrected chi connectivity index (χ0v) is 25.8. The lowest BCUT2D eigenvalue weighted by molar-refractivity contribution is 0.632. The molecular weight excluding hydrogens is 560 g/mol. The maximum absolute atomic E-state index is 5.00. The van der Waals surface area contributed by atoms with Gasteiger partial charge in [-0.1, -0.05) is 135 Å². The van der Waals surface area contributed by atoms with E-state index in [9.17, 15) is 0 Å². The molecule has 0 amide bonds. The molecule has 0 unspecified atom stereocenters. The molecule has 0 bridgehead atoms. The van der Waals surface area contributed by atoms with Crippen molar-refractivity contribution < 1.29 is 0 Å². The summed E-state index contributed by atoms with van der Waals surface area (Å²) in [5, 5.41) is 0. The highest BCUT2D eigenvalue weighted by atomic mass is 15.2. The molecule has 8 rings (SSSR count). The Morgan fingerprint density at radius 2 is 0.717 bits per heavy atom. The Bertz CT molecular complexity index is 2100. The molecule has 0 atom stereocenters. The van der Waals surface area contributed by atoms with Crippen molar-refractivity contribution in [2.45, 2.75) is 19.3 Å². The van der Waals surface area contributed by atoms with Crippen molar-refractivity contribution in [3.05, 3.63) is 169 Å². The average Bonchev–Trinajstić information content (AvgIpc) is 3.13. The van der Waals surface area contributed by atoms with Crippen LogP contribution in [0.4, 0.5) is 17.1 Å². The smallest absolute Gasteiger partial charge is 0.164 e. The van der Waals surface area contributed by atoms with E-state index in [0.29, 0.717) is 17.5 Å². The SMILES string of the molecule is CC1(C)c2ccccc2N(c2ccc(-c3nc(-c4ccccc4)nc(-c4ccc(-c5ccccc5)cc4)n3)cc2)c2ccccc21. The molecule has 4 heteroatoms. The topological polar surface area (TPSA) is 41.9 Å². The van der Waals surface area contributed by atoms with Gasteiger partial charge in [-0.05, 0) is 58.7 Å². The van der Waals surface area contributed by atoms with Crippen LogP contribution in [0.2, 0.25) is 0 Å². The number of benzene rings is 6. The largest absolute Gasteiger partial charge is 0.310 e. The first-order chi connectivity index (χ1) is 22.6. The van der Waals surface area contributed by atoms with Crippen molar-refractivity contribution >= 4 is 17.1 Å². The van der Waals surface area contributed by atoms with E-state index in [4.69, 9.17) is 15.0 Å². The molecule has 0 fully saturated rings. The molecule has 7 aromatic rings. The highest BCUT2D eigenvalue weighted by Gasteiger charge is 2.36. The Labute approximate surface area is 269 Å². The number of fused-ring (bicyclic) bond motifs is 2. The molecule has 4 nitrogen and oxygen atoms in total. The molecule has 46 heavy (non-hydrogen) atoms. The quantitative estimate of drug-likeness (QED) is 0.199. The third-order valence-corrected chi connectivity index (χ3v) is 8.94. The van der Waals surface area contributed by atoms with Crippen LogP contribution in [0.5, 0.6) is 0 Å². The molecule has 220 valence electrons. The van der Waals surface area contributed by atoms with E-state index in [1.807, 2.05) is 36.4 Å². The average molecular weight is 593 g/mol. The van der Waals surface area contributed by atoms with Gasteiger partial charge in [-0.2, -0.15) is 0 Å². The normalized spacial score (nSPS) is 13.1. The standard InChI is InChI=1S/C42H32N4/c1-42(2)35-17-9-11-19-37(35)46(38-20-12-10-18-36(38)42)34-27-25-33(26-28-34)41-44-39(31-15-7-4-8-16-31)43-40(45-41)32-23-21-30(22-24-32)29-13-5-3-6-14-29/h3-28H,1-2H3. The van der Waals surface area contributed by atoms with Gasteiger partial charge in [0.2, 0.25) is 0 Å². The molecule has 0 radical (unpaired) electrons. The summed E-state index contributed by atoms with van der Waals surface area (Å²) in [6.07, 6.45) is 0. The third-order valence-electron chi connectivity index (χ3n) is 8.94. The van der Waals surface area contributed by atoms with Crippen LogP contribution in [0.15, 0.2) is 158 Å². The summed E-state index contributed by atoms with van der Waals surface area (Å²) in [5.74, 6) is 1.94. The van der Waals surface area contributed by atoms with Crippen LogP contribution >= 0.6 is 0 Å². The monoisotopic (exact) mass is 592 g/mol. The first kappa shape index (κ1) is 27.7. The number of anilines is 3. The number of aromatic nitrogens is 3. The van der Waals surface area contributed by atoms with Crippen LogP contribution in [-0.4, -0.2) is 15.0 Å². The number of para-hydroxylation sites is 2. The van der Waals surface area contributed by atoms with E-state index in [-0.39, 0.29) is 5.41 Å². The summed E-state index contributed by atoms with van der Waals surface area (Å²) >= 11 is 0. The van der Waals surface area contributed by atoms with Gasteiger partial charge in [-0.25, -0.2) is 15.0 Å². The van der Waals surface area contributed by atoms with E-state index >= 15 is 0 Å². The summed E-state index contributed by atoms with van der Waals surface area (Å²) in [6, 6.07) is 54.9. The van der Waals surface area contributed by atoms with E-state index in [2.05, 4.69) is 140 Å². The van der Waals surface area contributed by atoms with Crippen LogP contribution in [0, 0.1) is 0 Å². The van der Waals surface area contributed by atoms with Crippen molar-refractivity contribution in [1.82, 2.24) is 15.0 Å². The van der Waals surface area contributed by atoms with Crippen LogP contribution in [-0.2, 0) is 5.41 Å². The van der Waals surface area contributed by atoms with Crippen molar-refractivity contribution in [3.63, 3.8) is 0 Å². The molecule has 6 aromatic carbocycles. The Hall–Kier alpha value is -5.87. The summed E-state index contributed by atoms with van der Waals surface area (Å²) in [5.41, 5.74) is 11.2. The van der Waals surface area contributed by atoms with Gasteiger partial charge in [0.1, 0.15) is 0 Å². The maximum atomic E-state index is 5.00. The minimum atomic E-state index is -0.0992. The van der Waals surface area contributed by atoms with Crippen molar-refractivity contribution in [1.29, 1.82) is 0 Å². The van der Waals surface area contributed by atoms with Gasteiger partial charge in [0, 0.05) is 27.8 Å². The molecule has 0 saturated carbocycles. The van der Waals surface area contributed by atoms with E-state index < -0.39 is 0 Å². The number of nitrogens with zero attached hydrogens (tertiary/aromatic N) is 4. The zero-order valence-electron chi connectivity index (χ0n) is 25.8. The Morgan fingerprint density at radius 3 is 1.22 bits per heavy atom. The van der Waals surface area contributed by atoms with Crippen molar-refractivity contribution in [2.24, 2.45) is 0 Å². The Balaban J connectivity index is 1.20. The Kier molecular flexibility index (Phi) is 6.76. The second-order valence-corrected chi connectivity index (χ2v) is 12.2. The van der Waals surface area contributed by atoms with Crippen LogP contribution < -0.4 is 4.90 Å². The fourth-order valence-electron chi connectivity index (χ4n) is 6.50. The molecule has 1 aromatic heterocycles. The third kappa shape index (κ3) is 4.85. The fraction of sp³-hybridized carbons (Fsp3) is 0.0714. The number of hydrogen-bond acceptors (Lipinski definition) is 4. The van der Waals surface area contributed by atoms with E-state index in [1.54, 1.807) is 0 Å². The van der Waals surface area contributed by atoms with Crippen molar-refractivity contribution in [2.75, 3.05) is 4.90 Å². The first-order valence-corrected chi connectivity index (χ1v) is 15.6. The molecule has 0 saturated heterocycles. The molecule has 0 N–H and O–H groups in total. The fourth-order valence-corrected chi connectivity index (χ4v) is 6.50. The highest BCUT2D eigenvalue weighted by Crippen LogP contribution is 2.51. The van der Waals surface area contributed by atoms with Crippen LogP contribution in [0.3, 0.4) is 0 Å². The van der Waals surface area contributed by atoms with E-state index in [0.717, 1.165) is 27.9 Å². The molecule has 0 spiro atoms. The highest BCUT2D eigenvalue weighted by molar-refractivity contribution is 5.86. The minimum Gasteiger partial charge on any atom is -0.310 e. The molecule has 2 heterocycles.